The van der Waals surface area contributed by atoms with Crippen molar-refractivity contribution in [3.05, 3.63) is 69.4 Å². The SMILES string of the molecule is CCCCN(CCOc1ccc(N=[N+]=[N-])cc1)CCOc1ccc(N=[N+]=[N-])cc1. The van der Waals surface area contributed by atoms with Crippen molar-refractivity contribution < 1.29 is 9.47 Å². The van der Waals surface area contributed by atoms with Crippen LogP contribution in [0.25, 0.3) is 20.9 Å². The topological polar surface area (TPSA) is 119 Å². The highest BCUT2D eigenvalue weighted by Crippen LogP contribution is 2.19. The molecule has 0 aliphatic heterocycles. The normalized spacial score (nSPS) is 10.1. The molecule has 0 saturated heterocycles. The minimum Gasteiger partial charge on any atom is -0.492 e. The largest absolute Gasteiger partial charge is 0.492 e. The van der Waals surface area contributed by atoms with Crippen molar-refractivity contribution in [3.8, 4) is 11.5 Å². The molecule has 0 aliphatic rings. The van der Waals surface area contributed by atoms with E-state index in [2.05, 4.69) is 31.9 Å². The quantitative estimate of drug-likeness (QED) is 0.230. The van der Waals surface area contributed by atoms with E-state index in [0.717, 1.165) is 44.0 Å². The fourth-order valence-electron chi connectivity index (χ4n) is 2.62. The second-order valence-electron chi connectivity index (χ2n) is 6.26. The summed E-state index contributed by atoms with van der Waals surface area (Å²) in [5, 5.41) is 7.09. The number of azide groups is 2. The molecule has 152 valence electrons. The highest BCUT2D eigenvalue weighted by Gasteiger charge is 2.06. The highest BCUT2D eigenvalue weighted by atomic mass is 16.5. The number of benzene rings is 2. The summed E-state index contributed by atoms with van der Waals surface area (Å²) in [5.41, 5.74) is 18.0. The number of nitrogens with zero attached hydrogens (tertiary/aromatic N) is 7. The van der Waals surface area contributed by atoms with Gasteiger partial charge in [-0.1, -0.05) is 23.6 Å². The van der Waals surface area contributed by atoms with Gasteiger partial charge < -0.3 is 9.47 Å². The number of ether oxygens (including phenoxy) is 2. The van der Waals surface area contributed by atoms with Crippen molar-refractivity contribution in [1.82, 2.24) is 4.90 Å². The molecule has 0 spiro atoms. The van der Waals surface area contributed by atoms with Gasteiger partial charge in [-0.2, -0.15) is 0 Å². The summed E-state index contributed by atoms with van der Waals surface area (Å²) in [6.45, 7) is 5.85. The van der Waals surface area contributed by atoms with Crippen LogP contribution in [-0.4, -0.2) is 37.7 Å². The lowest BCUT2D eigenvalue weighted by molar-refractivity contribution is 0.175. The van der Waals surface area contributed by atoms with Gasteiger partial charge in [0.2, 0.25) is 0 Å². The molecule has 0 atom stereocenters. The Morgan fingerprint density at radius 2 is 1.21 bits per heavy atom. The van der Waals surface area contributed by atoms with Gasteiger partial charge in [-0.05, 0) is 72.6 Å². The van der Waals surface area contributed by atoms with Gasteiger partial charge in [-0.15, -0.1) is 0 Å². The first kappa shape index (κ1) is 21.9. The summed E-state index contributed by atoms with van der Waals surface area (Å²) in [7, 11) is 0. The molecular weight excluding hydrogens is 370 g/mol. The molecule has 9 nitrogen and oxygen atoms in total. The van der Waals surface area contributed by atoms with Gasteiger partial charge in [0.1, 0.15) is 24.7 Å². The molecule has 2 aromatic rings. The third-order valence-corrected chi connectivity index (χ3v) is 4.17. The van der Waals surface area contributed by atoms with Crippen LogP contribution in [0.15, 0.2) is 58.8 Å². The van der Waals surface area contributed by atoms with Crippen molar-refractivity contribution in [1.29, 1.82) is 0 Å². The van der Waals surface area contributed by atoms with Gasteiger partial charge in [0.15, 0.2) is 0 Å². The molecule has 0 aliphatic carbocycles. The maximum atomic E-state index is 8.43. The first-order valence-electron chi connectivity index (χ1n) is 9.53. The van der Waals surface area contributed by atoms with Crippen molar-refractivity contribution >= 4 is 11.4 Å². The van der Waals surface area contributed by atoms with E-state index in [9.17, 15) is 0 Å². The van der Waals surface area contributed by atoms with E-state index in [0.29, 0.717) is 24.6 Å². The van der Waals surface area contributed by atoms with E-state index in [4.69, 9.17) is 20.5 Å². The number of hydrogen-bond donors (Lipinski definition) is 0. The first-order valence-corrected chi connectivity index (χ1v) is 9.53. The fraction of sp³-hybridized carbons (Fsp3) is 0.400. The second kappa shape index (κ2) is 12.9. The average molecular weight is 395 g/mol. The summed E-state index contributed by atoms with van der Waals surface area (Å²) >= 11 is 0. The fourth-order valence-corrected chi connectivity index (χ4v) is 2.62. The van der Waals surface area contributed by atoms with Crippen molar-refractivity contribution in [2.45, 2.75) is 19.8 Å². The summed E-state index contributed by atoms with van der Waals surface area (Å²) in [4.78, 5) is 7.83. The van der Waals surface area contributed by atoms with Gasteiger partial charge in [0.05, 0.1) is 0 Å². The summed E-state index contributed by atoms with van der Waals surface area (Å²) in [6.07, 6.45) is 2.24. The van der Waals surface area contributed by atoms with Gasteiger partial charge in [0.25, 0.3) is 0 Å². The predicted octanol–water partition coefficient (Wildman–Crippen LogP) is 6.13. The van der Waals surface area contributed by atoms with E-state index in [1.54, 1.807) is 48.5 Å². The third kappa shape index (κ3) is 8.45. The Kier molecular flexibility index (Phi) is 9.75. The van der Waals surface area contributed by atoms with E-state index in [1.807, 2.05) is 0 Å². The molecule has 0 saturated carbocycles. The first-order chi connectivity index (χ1) is 14.2. The zero-order valence-corrected chi connectivity index (χ0v) is 16.5. The smallest absolute Gasteiger partial charge is 0.119 e. The van der Waals surface area contributed by atoms with E-state index in [-0.39, 0.29) is 0 Å². The Hall–Kier alpha value is -3.38. The standard InChI is InChI=1S/C20H25N7O2/c1-2-3-12-27(13-15-28-19-8-4-17(5-9-19)23-25-21)14-16-29-20-10-6-18(7-11-20)24-26-22/h4-11H,2-3,12-16H2,1H3. The Bertz CT molecular complexity index is 759. The van der Waals surface area contributed by atoms with Crippen LogP contribution in [0.3, 0.4) is 0 Å². The van der Waals surface area contributed by atoms with Gasteiger partial charge >= 0.3 is 0 Å². The minimum atomic E-state index is 0.561. The van der Waals surface area contributed by atoms with E-state index >= 15 is 0 Å². The lowest BCUT2D eigenvalue weighted by Gasteiger charge is -2.22. The van der Waals surface area contributed by atoms with Crippen LogP contribution >= 0.6 is 0 Å². The average Bonchev–Trinajstić information content (AvgIpc) is 2.74. The Morgan fingerprint density at radius 1 is 0.759 bits per heavy atom. The van der Waals surface area contributed by atoms with Crippen molar-refractivity contribution in [3.63, 3.8) is 0 Å². The lowest BCUT2D eigenvalue weighted by Crippen LogP contribution is -2.33. The lowest BCUT2D eigenvalue weighted by atomic mass is 10.3. The summed E-state index contributed by atoms with van der Waals surface area (Å²) < 4.78 is 11.6. The molecule has 0 bridgehead atoms. The van der Waals surface area contributed by atoms with E-state index < -0.39 is 0 Å². The molecule has 0 amide bonds. The van der Waals surface area contributed by atoms with Gasteiger partial charge in [-0.25, -0.2) is 0 Å². The molecule has 2 aromatic carbocycles. The number of unbranched alkanes of at least 4 members (excludes halogenated alkanes) is 1. The Labute approximate surface area is 170 Å². The molecule has 0 fully saturated rings. The Morgan fingerprint density at radius 3 is 1.59 bits per heavy atom. The molecule has 0 radical (unpaired) electrons. The zero-order valence-electron chi connectivity index (χ0n) is 16.5. The Balaban J connectivity index is 1.77. The number of hydrogen-bond acceptors (Lipinski definition) is 5. The third-order valence-electron chi connectivity index (χ3n) is 4.17. The maximum Gasteiger partial charge on any atom is 0.119 e. The maximum absolute atomic E-state index is 8.43. The van der Waals surface area contributed by atoms with Crippen LogP contribution in [0, 0.1) is 0 Å². The molecular formula is C20H25N7O2. The van der Waals surface area contributed by atoms with Crippen LogP contribution in [0.2, 0.25) is 0 Å². The van der Waals surface area contributed by atoms with Crippen LogP contribution in [0.4, 0.5) is 11.4 Å². The summed E-state index contributed by atoms with van der Waals surface area (Å²) in [5.74, 6) is 1.49. The molecule has 2 rings (SSSR count). The van der Waals surface area contributed by atoms with Crippen LogP contribution in [0.1, 0.15) is 19.8 Å². The van der Waals surface area contributed by atoms with Crippen LogP contribution < -0.4 is 9.47 Å². The molecule has 0 heterocycles. The minimum absolute atomic E-state index is 0.561. The molecule has 9 heteroatoms. The number of rotatable bonds is 13. The molecule has 0 unspecified atom stereocenters. The monoisotopic (exact) mass is 395 g/mol. The van der Waals surface area contributed by atoms with Crippen molar-refractivity contribution in [2.24, 2.45) is 10.2 Å². The highest BCUT2D eigenvalue weighted by molar-refractivity contribution is 5.41. The van der Waals surface area contributed by atoms with Crippen molar-refractivity contribution in [2.75, 3.05) is 32.8 Å². The zero-order chi connectivity index (χ0) is 20.7. The van der Waals surface area contributed by atoms with Crippen LogP contribution in [0.5, 0.6) is 11.5 Å². The van der Waals surface area contributed by atoms with Crippen LogP contribution in [-0.2, 0) is 0 Å². The molecule has 0 aromatic heterocycles. The second-order valence-corrected chi connectivity index (χ2v) is 6.26. The summed E-state index contributed by atoms with van der Waals surface area (Å²) in [6, 6.07) is 14.1. The van der Waals surface area contributed by atoms with E-state index in [1.165, 1.54) is 0 Å². The molecule has 0 N–H and O–H groups in total. The predicted molar refractivity (Wildman–Crippen MR) is 113 cm³/mol. The van der Waals surface area contributed by atoms with Gasteiger partial charge in [-0.3, -0.25) is 4.90 Å². The molecule has 29 heavy (non-hydrogen) atoms. The van der Waals surface area contributed by atoms with Gasteiger partial charge in [0, 0.05) is 34.3 Å².